The standard InChI is InChI=1S/C13H19IN2Si.C7H5IN2.2CH4/c1-13(2,3)17(4,5)16-9-11(14)10-7-6-8-15-12(10)16;8-6-4-10-7-5(6)2-1-3-9-7;;/h6-9H,1-5H3;1-4H,(H,9,10);2*1H4. The van der Waals surface area contributed by atoms with Gasteiger partial charge in [0.1, 0.15) is 11.3 Å². The van der Waals surface area contributed by atoms with Crippen LogP contribution in [0.25, 0.3) is 22.1 Å². The number of nitrogens with zero attached hydrogens (tertiary/aromatic N) is 3. The van der Waals surface area contributed by atoms with Crippen molar-refractivity contribution in [3.05, 3.63) is 56.2 Å². The van der Waals surface area contributed by atoms with E-state index in [1.54, 1.807) is 6.20 Å². The van der Waals surface area contributed by atoms with Crippen molar-refractivity contribution in [1.29, 1.82) is 0 Å². The first-order valence-corrected chi connectivity index (χ1v) is 13.9. The van der Waals surface area contributed by atoms with Crippen LogP contribution in [0.3, 0.4) is 0 Å². The predicted molar refractivity (Wildman–Crippen MR) is 147 cm³/mol. The molecule has 0 aliphatic carbocycles. The Morgan fingerprint density at radius 2 is 1.52 bits per heavy atom. The van der Waals surface area contributed by atoms with E-state index in [1.165, 1.54) is 17.9 Å². The Morgan fingerprint density at radius 3 is 2.10 bits per heavy atom. The lowest BCUT2D eigenvalue weighted by Gasteiger charge is -2.38. The summed E-state index contributed by atoms with van der Waals surface area (Å²) in [6, 6.07) is 8.17. The van der Waals surface area contributed by atoms with Crippen LogP contribution in [0.15, 0.2) is 49.1 Å². The second kappa shape index (κ2) is 9.91. The molecule has 0 radical (unpaired) electrons. The van der Waals surface area contributed by atoms with Crippen LogP contribution in [0.4, 0.5) is 0 Å². The molecule has 4 nitrogen and oxygen atoms in total. The van der Waals surface area contributed by atoms with Gasteiger partial charge in [0.2, 0.25) is 0 Å². The van der Waals surface area contributed by atoms with E-state index in [1.807, 2.05) is 24.5 Å². The minimum absolute atomic E-state index is 0. The number of aromatic amines is 1. The molecule has 0 aliphatic heterocycles. The molecule has 29 heavy (non-hydrogen) atoms. The molecule has 0 fully saturated rings. The van der Waals surface area contributed by atoms with E-state index in [4.69, 9.17) is 0 Å². The summed E-state index contributed by atoms with van der Waals surface area (Å²) in [6.07, 6.45) is 7.91. The van der Waals surface area contributed by atoms with Crippen LogP contribution in [-0.4, -0.2) is 27.4 Å². The zero-order chi connectivity index (χ0) is 19.8. The van der Waals surface area contributed by atoms with E-state index in [-0.39, 0.29) is 14.9 Å². The summed E-state index contributed by atoms with van der Waals surface area (Å²) >= 11 is 4.69. The lowest BCUT2D eigenvalue weighted by Crippen LogP contribution is -2.45. The number of hydrogen-bond acceptors (Lipinski definition) is 2. The molecule has 4 aromatic rings. The normalized spacial score (nSPS) is 11.4. The zero-order valence-electron chi connectivity index (χ0n) is 16.2. The number of hydrogen-bond donors (Lipinski definition) is 1. The minimum Gasteiger partial charge on any atom is -0.358 e. The number of nitrogens with one attached hydrogen (secondary N) is 1. The number of fused-ring (bicyclic) bond motifs is 2. The van der Waals surface area contributed by atoms with Crippen LogP contribution >= 0.6 is 45.2 Å². The predicted octanol–water partition coefficient (Wildman–Crippen LogP) is 7.93. The molecule has 0 aromatic carbocycles. The molecule has 1 N–H and O–H groups in total. The molecule has 0 saturated heterocycles. The highest BCUT2D eigenvalue weighted by Gasteiger charge is 2.38. The van der Waals surface area contributed by atoms with Gasteiger partial charge < -0.3 is 9.22 Å². The molecule has 0 aliphatic rings. The van der Waals surface area contributed by atoms with E-state index in [2.05, 4.69) is 117 Å². The van der Waals surface area contributed by atoms with E-state index in [0.717, 1.165) is 11.3 Å². The van der Waals surface area contributed by atoms with Crippen LogP contribution in [0, 0.1) is 7.14 Å². The van der Waals surface area contributed by atoms with Crippen LogP contribution < -0.4 is 0 Å². The molecule has 4 aromatic heterocycles. The van der Waals surface area contributed by atoms with Crippen molar-refractivity contribution < 1.29 is 0 Å². The van der Waals surface area contributed by atoms with Crippen molar-refractivity contribution in [2.75, 3.05) is 0 Å². The van der Waals surface area contributed by atoms with E-state index in [0.29, 0.717) is 5.04 Å². The third-order valence-corrected chi connectivity index (χ3v) is 12.3. The van der Waals surface area contributed by atoms with Gasteiger partial charge in [-0.15, -0.1) is 0 Å². The zero-order valence-corrected chi connectivity index (χ0v) is 21.5. The first kappa shape index (κ1) is 26.1. The number of H-pyrrole nitrogens is 1. The largest absolute Gasteiger partial charge is 0.358 e. The van der Waals surface area contributed by atoms with Gasteiger partial charge in [-0.3, -0.25) is 0 Å². The average molecular weight is 634 g/mol. The maximum absolute atomic E-state index is 4.57. The lowest BCUT2D eigenvalue weighted by molar-refractivity contribution is 0.702. The first-order chi connectivity index (χ1) is 12.6. The SMILES string of the molecule is C.C.CC(C)(C)[Si](C)(C)n1cc(I)c2cccnc21.Ic1c[nH]c2ncccc12. The monoisotopic (exact) mass is 634 g/mol. The van der Waals surface area contributed by atoms with Crippen LogP contribution in [0.5, 0.6) is 0 Å². The molecule has 0 unspecified atom stereocenters. The second-order valence-corrected chi connectivity index (χ2v) is 15.5. The third-order valence-electron chi connectivity index (χ3n) is 5.35. The maximum atomic E-state index is 4.57. The fourth-order valence-electron chi connectivity index (χ4n) is 2.73. The Labute approximate surface area is 203 Å². The van der Waals surface area contributed by atoms with Crippen LogP contribution in [-0.2, 0) is 0 Å². The topological polar surface area (TPSA) is 46.5 Å². The van der Waals surface area contributed by atoms with Crippen molar-refractivity contribution in [3.63, 3.8) is 0 Å². The van der Waals surface area contributed by atoms with Crippen LogP contribution in [0.2, 0.25) is 18.1 Å². The van der Waals surface area contributed by atoms with Gasteiger partial charge in [-0.1, -0.05) is 48.7 Å². The molecular formula is C22H32I2N4Si. The van der Waals surface area contributed by atoms with Gasteiger partial charge in [-0.05, 0) is 74.5 Å². The van der Waals surface area contributed by atoms with Gasteiger partial charge in [0.15, 0.2) is 8.24 Å². The summed E-state index contributed by atoms with van der Waals surface area (Å²) in [6.45, 7) is 11.8. The van der Waals surface area contributed by atoms with Crippen molar-refractivity contribution in [3.8, 4) is 0 Å². The fourth-order valence-corrected chi connectivity index (χ4v) is 6.16. The molecule has 0 saturated carbocycles. The third kappa shape index (κ3) is 5.22. The Morgan fingerprint density at radius 1 is 0.931 bits per heavy atom. The number of pyridine rings is 2. The summed E-state index contributed by atoms with van der Waals surface area (Å²) in [7, 11) is -1.58. The Balaban J connectivity index is 0.000000301. The summed E-state index contributed by atoms with van der Waals surface area (Å²) in [4.78, 5) is 11.8. The van der Waals surface area contributed by atoms with E-state index < -0.39 is 8.24 Å². The maximum Gasteiger partial charge on any atom is 0.163 e. The Bertz CT molecular complexity index is 1080. The van der Waals surface area contributed by atoms with E-state index >= 15 is 0 Å². The summed E-state index contributed by atoms with van der Waals surface area (Å²) in [5.74, 6) is 0. The van der Waals surface area contributed by atoms with Gasteiger partial charge in [0.25, 0.3) is 0 Å². The number of halogens is 2. The molecule has 4 rings (SSSR count). The highest BCUT2D eigenvalue weighted by Crippen LogP contribution is 2.39. The Hall–Kier alpha value is -0.943. The van der Waals surface area contributed by atoms with Crippen molar-refractivity contribution in [1.82, 2.24) is 19.2 Å². The Kier molecular flexibility index (Phi) is 8.92. The van der Waals surface area contributed by atoms with Crippen molar-refractivity contribution in [2.24, 2.45) is 0 Å². The number of aromatic nitrogens is 4. The number of rotatable bonds is 1. The van der Waals surface area contributed by atoms with Gasteiger partial charge >= 0.3 is 0 Å². The minimum atomic E-state index is -1.58. The summed E-state index contributed by atoms with van der Waals surface area (Å²) in [5, 5.41) is 2.79. The molecule has 7 heteroatoms. The van der Waals surface area contributed by atoms with Crippen LogP contribution in [0.1, 0.15) is 35.6 Å². The lowest BCUT2D eigenvalue weighted by atomic mass is 10.2. The van der Waals surface area contributed by atoms with Crippen molar-refractivity contribution >= 4 is 75.5 Å². The second-order valence-electron chi connectivity index (χ2n) is 8.07. The van der Waals surface area contributed by atoms with Gasteiger partial charge in [-0.2, -0.15) is 0 Å². The fraction of sp³-hybridized carbons (Fsp3) is 0.364. The smallest absolute Gasteiger partial charge is 0.163 e. The van der Waals surface area contributed by atoms with Crippen molar-refractivity contribution in [2.45, 2.75) is 53.8 Å². The quantitative estimate of drug-likeness (QED) is 0.171. The highest BCUT2D eigenvalue weighted by atomic mass is 127. The van der Waals surface area contributed by atoms with Gasteiger partial charge in [-0.25, -0.2) is 9.97 Å². The molecular weight excluding hydrogens is 602 g/mol. The summed E-state index contributed by atoms with van der Waals surface area (Å²) in [5.41, 5.74) is 2.11. The molecule has 0 spiro atoms. The summed E-state index contributed by atoms with van der Waals surface area (Å²) < 4.78 is 4.97. The molecule has 158 valence electrons. The highest BCUT2D eigenvalue weighted by molar-refractivity contribution is 14.1. The van der Waals surface area contributed by atoms with E-state index in [9.17, 15) is 0 Å². The first-order valence-electron chi connectivity index (χ1n) is 8.82. The van der Waals surface area contributed by atoms with Gasteiger partial charge in [0.05, 0.1) is 0 Å². The molecule has 0 bridgehead atoms. The molecule has 4 heterocycles. The van der Waals surface area contributed by atoms with Gasteiger partial charge in [0, 0.05) is 42.7 Å². The molecule has 0 amide bonds. The molecule has 0 atom stereocenters. The average Bonchev–Trinajstić information content (AvgIpc) is 3.17.